The summed E-state index contributed by atoms with van der Waals surface area (Å²) >= 11 is 0. The summed E-state index contributed by atoms with van der Waals surface area (Å²) < 4.78 is 721. The van der Waals surface area contributed by atoms with Crippen molar-refractivity contribution in [2.45, 2.75) is 228 Å². The molecule has 0 fully saturated rings. The summed E-state index contributed by atoms with van der Waals surface area (Å²) in [7, 11) is 0. The maximum absolute atomic E-state index is 12.9. The lowest BCUT2D eigenvalue weighted by atomic mass is 9.57. The van der Waals surface area contributed by atoms with Crippen molar-refractivity contribution in [3.63, 3.8) is 0 Å². The molecule has 0 radical (unpaired) electrons. The summed E-state index contributed by atoms with van der Waals surface area (Å²) in [6.07, 6.45) is 23.8. The standard InChI is InChI=1S/C31H36N4O3.C31H34N4O3.C28H28N4O2.C26H26N4O.CH4.ClH.73H2/c2*1-19-23-15-14-22-25(20-11-8-7-9-12-20)33-28(34-27(22)31(23,5)17-24(32-6)26(19)36)21-13-10-16-35(18-21)29(37)38-30(2,3)4;1-17-22-13-12-21-24(19-9-6-5-7-10-19)30-27(20-11-8-14-32(16-20)18(2)33)31-26(21)28(22,3)15-23(29-4)25(17)34;1-16-20-12-11-19-22(17-8-5-4-6-9-17)29-25(18-10-7-13-28-15-18)30-24(19)26(20,2)14-21(27-3)23(16)31;;;;;;;;;;;;;;;;;;;;;;;;;;;;;;;;;;;;;;;;;;;;;;;;;;;;;;;;;;;;;;;;;;;;;;;;;;;/h7-9,11-13,19,23,36H,10,14-18H2,1-5H3;7-9,11-13,17,19,23H,10,14-16,18H2,1-5H3;5-7,9-11,15,17,22H,8,12-14,16H2,1-3H3;4-6,8-10,14,16,20,28H,7,11-13,15H2,1-2H3;1H4;74*1H/t2*19-,23-,31-;17-,22-,28-;16-,20-,26-;;;;;;;;;;;;;;;;;;;;;;;;;;;;;;;;;;;;;;;;;;;;;;;;;;;;;;;;;;;;;;;;;;;;;;;;;;;/m1111.........................................................................../s1/i;;;;;;71*1+2T;2*1+2. The number of nitrogens with zero attached hydrogens (tertiary/aromatic N) is 15. The highest BCUT2D eigenvalue weighted by atomic mass is 35.5. The number of fused-ring (bicyclic) bond motifs is 12. The Balaban J connectivity index is -0.0000000349. The van der Waals surface area contributed by atoms with E-state index in [1.807, 2.05) is 165 Å². The number of benzene rings is 4. The summed E-state index contributed by atoms with van der Waals surface area (Å²) in [6.45, 7) is 64.6. The van der Waals surface area contributed by atoms with Crippen molar-refractivity contribution in [3.05, 3.63) is 306 Å². The van der Waals surface area contributed by atoms with E-state index in [9.17, 15) is 33.9 Å². The van der Waals surface area contributed by atoms with E-state index in [2.05, 4.69) is 125 Å². The van der Waals surface area contributed by atoms with E-state index in [1.54, 1.807) is 16.7 Å². The molecular formula is C117H275ClN16O9. The highest BCUT2D eigenvalue weighted by Gasteiger charge is 2.55. The highest BCUT2D eigenvalue weighted by Crippen LogP contribution is 2.58. The zero-order valence-corrected chi connectivity index (χ0v) is 84.7. The van der Waals surface area contributed by atoms with E-state index in [4.69, 9.17) is 286 Å². The second kappa shape index (κ2) is 41.6. The van der Waals surface area contributed by atoms with Gasteiger partial charge in [0.05, 0.1) is 90.7 Å². The molecule has 4 aromatic carbocycles. The van der Waals surface area contributed by atoms with Crippen molar-refractivity contribution in [2.24, 2.45) is 47.3 Å². The van der Waals surface area contributed by atoms with E-state index < -0.39 is 32.9 Å². The molecule has 4 aliphatic heterocycles. The molecule has 0 spiro atoms. The molecule has 3 amide bonds. The molecule has 0 unspecified atom stereocenters. The Labute approximate surface area is 1070 Å². The average molecular weight is 2380 g/mol. The Kier molecular flexibility index (Phi) is 13.5. The van der Waals surface area contributed by atoms with Crippen LogP contribution in [0.3, 0.4) is 0 Å². The Bertz CT molecular complexity index is 7130. The van der Waals surface area contributed by atoms with Crippen LogP contribution in [-0.4, -0.2) is 159 Å². The Hall–Kier alpha value is -13.9. The molecule has 884 valence electrons. The van der Waals surface area contributed by atoms with Crippen LogP contribution >= 0.6 is 12.4 Å². The van der Waals surface area contributed by atoms with Crippen molar-refractivity contribution >= 4 is 70.1 Å². The molecule has 0 saturated carbocycles. The van der Waals surface area contributed by atoms with Gasteiger partial charge in [0.1, 0.15) is 11.2 Å². The minimum absolute atomic E-state index is 0. The van der Waals surface area contributed by atoms with Crippen LogP contribution in [0.5, 0.6) is 0 Å². The van der Waals surface area contributed by atoms with Crippen molar-refractivity contribution in [3.8, 4) is 45.0 Å². The third-order valence-electron chi connectivity index (χ3n) is 31.1. The van der Waals surface area contributed by atoms with Gasteiger partial charge in [0, 0.05) is 365 Å². The highest BCUT2D eigenvalue weighted by molar-refractivity contribution is 6.02. The van der Waals surface area contributed by atoms with E-state index >= 15 is 0 Å². The van der Waals surface area contributed by atoms with Gasteiger partial charge in [0.2, 0.25) is 28.7 Å². The van der Waals surface area contributed by atoms with Crippen LogP contribution < -0.4 is 5.32 Å². The van der Waals surface area contributed by atoms with Crippen LogP contribution in [0.4, 0.5) is 9.59 Å². The predicted molar refractivity (Wildman–Crippen MR) is 713 cm³/mol. The molecule has 2 N–H and O–H groups in total. The third-order valence-corrected chi connectivity index (χ3v) is 31.1. The number of Topliss-reactive ketones (excluding diaryl/α,β-unsaturated/α-hetero) is 3. The van der Waals surface area contributed by atoms with Crippen LogP contribution in [-0.2, 0) is 76.0 Å². The first kappa shape index (κ1) is 46.2. The smallest absolute Gasteiger partial charge is 0.410 e. The number of halogens is 1. The van der Waals surface area contributed by atoms with E-state index in [0.717, 1.165) is 195 Å². The van der Waals surface area contributed by atoms with Crippen LogP contribution in [0, 0.1) is 73.6 Å². The molecule has 26 heteroatoms. The number of aliphatic hydroxyl groups excluding tert-OH is 1. The molecule has 25 nitrogen and oxygen atoms in total. The fraction of sp³-hybridized carbons (Fsp3) is 0.436. The normalized spacial score (nSPS) is 29.4. The summed E-state index contributed by atoms with van der Waals surface area (Å²) in [5, 5.41) is 14.2. The zero-order valence-electron chi connectivity index (χ0n) is 226. The van der Waals surface area contributed by atoms with Gasteiger partial charge < -0.3 is 49.0 Å². The molecule has 12 aliphatic rings. The van der Waals surface area contributed by atoms with Crippen LogP contribution in [0.1, 0.15) is 451 Å². The lowest BCUT2D eigenvalue weighted by Crippen LogP contribution is -2.46. The van der Waals surface area contributed by atoms with Gasteiger partial charge in [-0.2, -0.15) is 0 Å². The van der Waals surface area contributed by atoms with Crippen molar-refractivity contribution < 1.29 is 257 Å². The number of carbonyl (C=O) groups is 6. The van der Waals surface area contributed by atoms with Gasteiger partial charge in [0.25, 0.3) is 0 Å². The summed E-state index contributed by atoms with van der Waals surface area (Å²) in [6, 6.07) is 40.7. The first-order valence-corrected chi connectivity index (χ1v) is 49.7. The summed E-state index contributed by atoms with van der Waals surface area (Å²) in [5.41, 5.74) is 17.8. The SMILES string of the molecule is C.Cl.[3HH].[3HH].[3H][3H].[3H][3H].[3H][3H].[3H][3H].[3H][3H].[3H][3H].[3H][3H].[3H][3H].[3H][3H].[3H][3H].[3H][3H].[3H][3H].[3H][3H].[3H][3H].[3H][3H].[3H][3H].[3H][3H].[3H][3H].[3H][3H].[3H][3H].[3H][3H].[3H][3H].[3H][3H].[3H][3H].[3H][3H].[3H][3H].[3H][3H].[3H][3H].[3H][3H].[3H][3H].[3H][3H].[3H][3H].[3H][3H].[3H][3H].[3H][3H].[3H][3H].[3H][3H].[3H][3H].[3H][3H].[3H][3H].[3H][3H].[3H][3H].[3H][3H].[3H][3H].[3H][3H].[3H][3H].[3H][3H].[3H][3H].[3H][3H].[3H][3H].[3H][3H].[3H][3H].[3H][3H].[3H][3H].[3H][3H].[3H][3H].[3H][3H].[3H][3H].[3H][3H].[3H][3H].[3H][3H].[3H][3H].[3H][3H].[3H][3H].[3H][3H].[3H][3H].[3H][3H].[3H][3H].[3H][3H].[3H][3H].[3H][3H].[C-]#[N+]C1=C(O)[C@H](C)[C@H]2CCc3c(-c4ccccc4)nc(C4=CCCN(C(=O)OC(C)(C)C)C4)nc3[C@]2(C)C1.[C-]#[N+]C1=C[C@@]2(C)c3nc(C4=CCCN(C(=O)OC(C)(C)C)C4)nc(-c4ccccc4)c3CC[C@@H]2[C@@H](C)C1=O.[C-]#[N+]C1=C[C@@]2(C)c3nc(C4=CCCN(C(C)=O)C4)nc(-c4ccccc4)c3CC[C@@H]2[C@@H](C)C1=O.[C-]#[N+]C1=C[C@@]2(C)c3nc(C4=CCCNC4)nc(-c4ccccc4)c3CC[C@@H]2[C@@H](C)C1=O. The fourth-order valence-electron chi connectivity index (χ4n) is 23.9. The molecule has 8 aromatic rings. The van der Waals surface area contributed by atoms with Gasteiger partial charge in [-0.1, -0.05) is 227 Å². The molecule has 8 aliphatic carbocycles. The van der Waals surface area contributed by atoms with Crippen molar-refractivity contribution in [1.82, 2.24) is 59.9 Å². The molecule has 0 saturated heterocycles. The topological polar surface area (TPSA) is 283 Å². The monoisotopic (exact) mass is 2370 g/mol. The summed E-state index contributed by atoms with van der Waals surface area (Å²) in [4.78, 5) is 137. The van der Waals surface area contributed by atoms with Crippen LogP contribution in [0.2, 0.25) is 0 Å². The number of ketones is 3. The van der Waals surface area contributed by atoms with Gasteiger partial charge in [-0.15, -0.1) is 12.4 Å². The Morgan fingerprint density at radius 1 is 0.434 bits per heavy atom. The lowest BCUT2D eigenvalue weighted by molar-refractivity contribution is -0.128. The average Bonchev–Trinajstić information content (AvgIpc) is 0.723. The Morgan fingerprint density at radius 2 is 0.734 bits per heavy atom. The maximum atomic E-state index is 12.9. The molecule has 0 bridgehead atoms. The van der Waals surface area contributed by atoms with E-state index in [-0.39, 0.29) is 128 Å². The van der Waals surface area contributed by atoms with Gasteiger partial charge in [-0.25, -0.2) is 68.8 Å². The zero-order chi connectivity index (χ0) is 242. The van der Waals surface area contributed by atoms with Gasteiger partial charge in [-0.05, 0) is 155 Å². The molecular weight excluding hydrogens is 1810 g/mol. The number of hydrogen-bond acceptors (Lipinski definition) is 18. The van der Waals surface area contributed by atoms with Crippen molar-refractivity contribution in [1.29, 1.82) is 0 Å². The number of allylic oxidation sites excluding steroid dienone is 8. The third kappa shape index (κ3) is 20.1. The number of aromatic nitrogens is 8. The summed E-state index contributed by atoms with van der Waals surface area (Å²) in [5.74, 6) is 2.37. The molecule has 12 atom stereocenters. The number of nitrogens with one attached hydrogen (secondary N) is 1. The van der Waals surface area contributed by atoms with Crippen LogP contribution in [0.25, 0.3) is 86.7 Å². The lowest BCUT2D eigenvalue weighted by Gasteiger charge is -2.48. The molecule has 20 rings (SSSR count). The number of ether oxygens (including phenoxy) is 2. The fourth-order valence-corrected chi connectivity index (χ4v) is 23.9. The second-order valence-corrected chi connectivity index (χ2v) is 42.5. The number of amides is 3. The number of carbonyl (C=O) groups excluding carboxylic acids is 6. The molecule has 143 heavy (non-hydrogen) atoms. The minimum Gasteiger partial charge on any atom is -0.523 e. The van der Waals surface area contributed by atoms with Crippen LogP contribution in [0.15, 0.2) is 192 Å². The van der Waals surface area contributed by atoms with Gasteiger partial charge in [-0.3, -0.25) is 4.79 Å². The van der Waals surface area contributed by atoms with E-state index in [0.29, 0.717) is 81.7 Å². The van der Waals surface area contributed by atoms with Crippen molar-refractivity contribution in [2.75, 3.05) is 52.4 Å². The van der Waals surface area contributed by atoms with E-state index in [1.165, 1.54) is 0 Å². The predicted octanol–water partition coefficient (Wildman–Crippen LogP) is 40.7. The number of rotatable bonds is 8. The Morgan fingerprint density at radius 3 is 1.04 bits per heavy atom. The largest absolute Gasteiger partial charge is 0.523 e. The molecule has 8 heterocycles. The first-order valence-electron chi connectivity index (χ1n) is 121. The van der Waals surface area contributed by atoms with Gasteiger partial charge >= 0.3 is 12.2 Å². The van der Waals surface area contributed by atoms with Gasteiger partial charge in [0.15, 0.2) is 40.6 Å². The minimum atomic E-state index is -0.577. The first-order chi connectivity index (χ1) is 138. The molecule has 4 aromatic heterocycles. The number of hydrogen-bond donors (Lipinski definition) is 2. The number of aliphatic hydroxyl groups is 1. The second-order valence-electron chi connectivity index (χ2n) is 42.5. The maximum Gasteiger partial charge on any atom is 0.410 e. The quantitative estimate of drug-likeness (QED) is 0.134.